The summed E-state index contributed by atoms with van der Waals surface area (Å²) in [5.74, 6) is 0. The van der Waals surface area contributed by atoms with E-state index >= 15 is 0 Å². The van der Waals surface area contributed by atoms with Crippen molar-refractivity contribution in [2.75, 3.05) is 0 Å². The maximum Gasteiger partial charge on any atom is 0.0946 e. The molecular formula is C22H25ClN2O. The molecule has 3 nitrogen and oxygen atoms in total. The van der Waals surface area contributed by atoms with Crippen molar-refractivity contribution in [1.29, 1.82) is 0 Å². The van der Waals surface area contributed by atoms with Crippen LogP contribution in [0, 0.1) is 6.92 Å². The number of aromatic nitrogens is 2. The van der Waals surface area contributed by atoms with E-state index in [2.05, 4.69) is 59.8 Å². The Hall–Kier alpha value is -2.10. The lowest BCUT2D eigenvalue weighted by molar-refractivity contribution is -0.0602. The lowest BCUT2D eigenvalue weighted by atomic mass is 9.96. The highest BCUT2D eigenvalue weighted by Gasteiger charge is 2.26. The highest BCUT2D eigenvalue weighted by Crippen LogP contribution is 2.24. The van der Waals surface area contributed by atoms with Crippen molar-refractivity contribution in [2.24, 2.45) is 0 Å². The molecule has 0 aliphatic heterocycles. The van der Waals surface area contributed by atoms with Crippen LogP contribution in [0.15, 0.2) is 67.3 Å². The number of nitrogens with zero attached hydrogens (tertiary/aromatic N) is 2. The van der Waals surface area contributed by atoms with E-state index in [1.807, 2.05) is 24.7 Å². The molecule has 0 spiro atoms. The van der Waals surface area contributed by atoms with Crippen molar-refractivity contribution in [3.63, 3.8) is 0 Å². The lowest BCUT2D eigenvalue weighted by Crippen LogP contribution is -2.34. The molecule has 0 N–H and O–H groups in total. The van der Waals surface area contributed by atoms with E-state index in [0.717, 1.165) is 24.4 Å². The van der Waals surface area contributed by atoms with Crippen LogP contribution in [0.3, 0.4) is 0 Å². The van der Waals surface area contributed by atoms with E-state index < -0.39 is 0 Å². The zero-order valence-electron chi connectivity index (χ0n) is 15.4. The SMILES string of the molecule is Cc1ccc(COC(C)(CCc2ccc(Cl)cc2)Cn2ccnc2)cc1. The highest BCUT2D eigenvalue weighted by atomic mass is 35.5. The second kappa shape index (κ2) is 8.52. The average Bonchev–Trinajstić information content (AvgIpc) is 3.14. The monoisotopic (exact) mass is 368 g/mol. The van der Waals surface area contributed by atoms with E-state index in [0.29, 0.717) is 6.61 Å². The molecule has 3 rings (SSSR count). The summed E-state index contributed by atoms with van der Waals surface area (Å²) in [7, 11) is 0. The van der Waals surface area contributed by atoms with Crippen LogP contribution in [0.5, 0.6) is 0 Å². The van der Waals surface area contributed by atoms with Crippen LogP contribution < -0.4 is 0 Å². The van der Waals surface area contributed by atoms with Crippen molar-refractivity contribution in [3.8, 4) is 0 Å². The largest absolute Gasteiger partial charge is 0.369 e. The van der Waals surface area contributed by atoms with Gasteiger partial charge >= 0.3 is 0 Å². The van der Waals surface area contributed by atoms with Gasteiger partial charge in [0.25, 0.3) is 0 Å². The second-order valence-electron chi connectivity index (χ2n) is 7.09. The number of halogens is 1. The van der Waals surface area contributed by atoms with Gasteiger partial charge in [-0.05, 0) is 49.9 Å². The molecular weight excluding hydrogens is 344 g/mol. The Kier molecular flexibility index (Phi) is 6.12. The van der Waals surface area contributed by atoms with E-state index in [1.54, 1.807) is 6.20 Å². The van der Waals surface area contributed by atoms with Crippen LogP contribution in [0.1, 0.15) is 30.0 Å². The molecule has 3 aromatic rings. The van der Waals surface area contributed by atoms with Crippen LogP contribution in [0.4, 0.5) is 0 Å². The van der Waals surface area contributed by atoms with Gasteiger partial charge in [-0.2, -0.15) is 0 Å². The van der Waals surface area contributed by atoms with E-state index in [9.17, 15) is 0 Å². The van der Waals surface area contributed by atoms with Crippen molar-refractivity contribution in [3.05, 3.63) is 89.0 Å². The Balaban J connectivity index is 1.68. The molecule has 1 unspecified atom stereocenters. The zero-order chi connectivity index (χ0) is 18.4. The molecule has 4 heteroatoms. The van der Waals surface area contributed by atoms with Crippen LogP contribution in [0.2, 0.25) is 5.02 Å². The van der Waals surface area contributed by atoms with Gasteiger partial charge in [0.15, 0.2) is 0 Å². The first-order chi connectivity index (χ1) is 12.5. The Morgan fingerprint density at radius 1 is 1.04 bits per heavy atom. The maximum atomic E-state index is 6.40. The molecule has 0 fully saturated rings. The standard InChI is InChI=1S/C22H25ClN2O/c1-18-3-5-20(6-4-18)15-26-22(2,16-25-14-13-24-17-25)12-11-19-7-9-21(23)10-8-19/h3-10,13-14,17H,11-12,15-16H2,1-2H3. The molecule has 1 atom stereocenters. The summed E-state index contributed by atoms with van der Waals surface area (Å²) in [6.07, 6.45) is 7.49. The van der Waals surface area contributed by atoms with Gasteiger partial charge in [0.1, 0.15) is 0 Å². The molecule has 0 amide bonds. The number of rotatable bonds is 8. The molecule has 0 aliphatic rings. The van der Waals surface area contributed by atoms with Gasteiger partial charge < -0.3 is 9.30 Å². The van der Waals surface area contributed by atoms with Gasteiger partial charge in [-0.3, -0.25) is 0 Å². The maximum absolute atomic E-state index is 6.40. The fourth-order valence-electron chi connectivity index (χ4n) is 2.97. The average molecular weight is 369 g/mol. The minimum atomic E-state index is -0.286. The summed E-state index contributed by atoms with van der Waals surface area (Å²) in [5, 5.41) is 0.769. The second-order valence-corrected chi connectivity index (χ2v) is 7.52. The highest BCUT2D eigenvalue weighted by molar-refractivity contribution is 6.30. The minimum Gasteiger partial charge on any atom is -0.369 e. The van der Waals surface area contributed by atoms with E-state index in [1.165, 1.54) is 16.7 Å². The fraction of sp³-hybridized carbons (Fsp3) is 0.318. The third-order valence-corrected chi connectivity index (χ3v) is 4.89. The first-order valence-corrected chi connectivity index (χ1v) is 9.30. The first kappa shape index (κ1) is 18.7. The Bertz CT molecular complexity index is 746. The number of imidazole rings is 1. The lowest BCUT2D eigenvalue weighted by Gasteiger charge is -2.31. The number of ether oxygens (including phenoxy) is 1. The molecule has 0 saturated heterocycles. The quantitative estimate of drug-likeness (QED) is 0.528. The molecule has 0 bridgehead atoms. The summed E-state index contributed by atoms with van der Waals surface area (Å²) < 4.78 is 8.48. The summed E-state index contributed by atoms with van der Waals surface area (Å²) >= 11 is 5.99. The van der Waals surface area contributed by atoms with Gasteiger partial charge in [0.05, 0.1) is 25.1 Å². The van der Waals surface area contributed by atoms with Gasteiger partial charge in [-0.1, -0.05) is 53.6 Å². The minimum absolute atomic E-state index is 0.286. The van der Waals surface area contributed by atoms with Crippen LogP contribution >= 0.6 is 11.6 Å². The summed E-state index contributed by atoms with van der Waals surface area (Å²) in [6, 6.07) is 16.6. The van der Waals surface area contributed by atoms with Crippen LogP contribution in [-0.4, -0.2) is 15.2 Å². The number of aryl methyl sites for hydroxylation is 2. The fourth-order valence-corrected chi connectivity index (χ4v) is 3.09. The van der Waals surface area contributed by atoms with E-state index in [4.69, 9.17) is 16.3 Å². The smallest absolute Gasteiger partial charge is 0.0946 e. The molecule has 2 aromatic carbocycles. The van der Waals surface area contributed by atoms with Crippen molar-refractivity contribution in [2.45, 2.75) is 45.4 Å². The molecule has 26 heavy (non-hydrogen) atoms. The molecule has 0 radical (unpaired) electrons. The Morgan fingerprint density at radius 3 is 2.38 bits per heavy atom. The molecule has 1 heterocycles. The zero-order valence-corrected chi connectivity index (χ0v) is 16.1. The normalized spacial score (nSPS) is 13.5. The van der Waals surface area contributed by atoms with E-state index in [-0.39, 0.29) is 5.60 Å². The van der Waals surface area contributed by atoms with Crippen molar-refractivity contribution in [1.82, 2.24) is 9.55 Å². The molecule has 0 aliphatic carbocycles. The van der Waals surface area contributed by atoms with Crippen molar-refractivity contribution < 1.29 is 4.74 Å². The van der Waals surface area contributed by atoms with Gasteiger partial charge in [0, 0.05) is 17.4 Å². The number of hydrogen-bond donors (Lipinski definition) is 0. The van der Waals surface area contributed by atoms with Gasteiger partial charge in [-0.15, -0.1) is 0 Å². The summed E-state index contributed by atoms with van der Waals surface area (Å²) in [5.41, 5.74) is 3.44. The van der Waals surface area contributed by atoms with Gasteiger partial charge in [-0.25, -0.2) is 4.98 Å². The molecule has 0 saturated carbocycles. The number of hydrogen-bond acceptors (Lipinski definition) is 2. The third kappa shape index (κ3) is 5.45. The molecule has 1 aromatic heterocycles. The summed E-state index contributed by atoms with van der Waals surface area (Å²) in [6.45, 7) is 5.65. The molecule has 136 valence electrons. The summed E-state index contributed by atoms with van der Waals surface area (Å²) in [4.78, 5) is 4.16. The van der Waals surface area contributed by atoms with Crippen molar-refractivity contribution >= 4 is 11.6 Å². The Labute approximate surface area is 160 Å². The first-order valence-electron chi connectivity index (χ1n) is 8.92. The van der Waals surface area contributed by atoms with Crippen LogP contribution in [-0.2, 0) is 24.3 Å². The predicted molar refractivity (Wildman–Crippen MR) is 106 cm³/mol. The van der Waals surface area contributed by atoms with Crippen LogP contribution in [0.25, 0.3) is 0 Å². The number of benzene rings is 2. The Morgan fingerprint density at radius 2 is 1.73 bits per heavy atom. The predicted octanol–water partition coefficient (Wildman–Crippen LogP) is 5.45. The third-order valence-electron chi connectivity index (χ3n) is 4.64. The van der Waals surface area contributed by atoms with Gasteiger partial charge in [0.2, 0.25) is 0 Å². The topological polar surface area (TPSA) is 27.1 Å².